The van der Waals surface area contributed by atoms with E-state index in [4.69, 9.17) is 0 Å². The number of carbonyl (C=O) groups excluding carboxylic acids is 2. The Morgan fingerprint density at radius 2 is 1.87 bits per heavy atom. The molecule has 1 N–H and O–H groups in total. The molecule has 0 aliphatic rings. The molecule has 1 unspecified atom stereocenters. The van der Waals surface area contributed by atoms with Gasteiger partial charge in [-0.3, -0.25) is 4.79 Å². The van der Waals surface area contributed by atoms with E-state index in [0.29, 0.717) is 0 Å². The summed E-state index contributed by atoms with van der Waals surface area (Å²) in [7, 11) is 0. The van der Waals surface area contributed by atoms with Crippen molar-refractivity contribution >= 4 is 11.9 Å². The molecule has 0 aromatic rings. The summed E-state index contributed by atoms with van der Waals surface area (Å²) in [5.74, 6) is -1.35. The van der Waals surface area contributed by atoms with Crippen molar-refractivity contribution in [3.05, 3.63) is 0 Å². The average molecular weight is 223 g/mol. The second kappa shape index (κ2) is 7.25. The van der Waals surface area contributed by atoms with Crippen molar-refractivity contribution in [1.29, 1.82) is 0 Å². The molecule has 82 valence electrons. The number of carbonyl (C=O) groups is 2. The Morgan fingerprint density at radius 3 is 2.20 bits per heavy atom. The van der Waals surface area contributed by atoms with Crippen LogP contribution in [0.5, 0.6) is 0 Å². The van der Waals surface area contributed by atoms with Crippen LogP contribution in [0.2, 0.25) is 0 Å². The van der Waals surface area contributed by atoms with Crippen LogP contribution >= 0.6 is 0 Å². The van der Waals surface area contributed by atoms with Gasteiger partial charge in [0.2, 0.25) is 5.91 Å². The third kappa shape index (κ3) is 7.82. The number of rotatable bonds is 5. The summed E-state index contributed by atoms with van der Waals surface area (Å²) in [6.07, 6.45) is 0.572. The third-order valence-electron chi connectivity index (χ3n) is 2.11. The fourth-order valence-electron chi connectivity index (χ4n) is 1.05. The Morgan fingerprint density at radius 1 is 1.40 bits per heavy atom. The Kier molecular flexibility index (Phi) is 8.38. The van der Waals surface area contributed by atoms with Crippen LogP contribution in [0.3, 0.4) is 0 Å². The minimum absolute atomic E-state index is 0. The predicted octanol–water partition coefficient (Wildman–Crippen LogP) is -2.93. The molecule has 1 atom stereocenters. The zero-order valence-electron chi connectivity index (χ0n) is 10.2. The van der Waals surface area contributed by atoms with Gasteiger partial charge in [-0.05, 0) is 20.3 Å². The maximum atomic E-state index is 11.4. The minimum Gasteiger partial charge on any atom is -0.550 e. The quantitative estimate of drug-likeness (QED) is 0.507. The van der Waals surface area contributed by atoms with Crippen molar-refractivity contribution in [3.63, 3.8) is 0 Å². The fraction of sp³-hybridized carbons (Fsp3) is 0.800. The zero-order valence-corrected chi connectivity index (χ0v) is 12.2. The molecule has 0 aromatic heterocycles. The van der Waals surface area contributed by atoms with Crippen LogP contribution in [0.4, 0.5) is 0 Å². The summed E-state index contributed by atoms with van der Waals surface area (Å²) in [6.45, 7) is 7.06. The Hall–Kier alpha value is -0.0600. The van der Waals surface area contributed by atoms with Gasteiger partial charge in [-0.15, -0.1) is 0 Å². The molecule has 0 saturated carbocycles. The molecule has 0 spiro atoms. The smallest absolute Gasteiger partial charge is 0.550 e. The summed E-state index contributed by atoms with van der Waals surface area (Å²) < 4.78 is 0. The number of nitrogens with one attached hydrogen (secondary N) is 1. The van der Waals surface area contributed by atoms with Crippen molar-refractivity contribution in [2.75, 3.05) is 0 Å². The molecule has 0 rings (SSSR count). The topological polar surface area (TPSA) is 69.2 Å². The zero-order chi connectivity index (χ0) is 11.4. The molecular formula is C10H18NNaO3. The maximum Gasteiger partial charge on any atom is 1.00 e. The molecule has 0 saturated heterocycles. The van der Waals surface area contributed by atoms with E-state index in [1.54, 1.807) is 13.8 Å². The molecule has 0 aliphatic carbocycles. The van der Waals surface area contributed by atoms with Crippen LogP contribution in [0.15, 0.2) is 0 Å². The van der Waals surface area contributed by atoms with Crippen LogP contribution in [0.25, 0.3) is 0 Å². The summed E-state index contributed by atoms with van der Waals surface area (Å²) >= 11 is 0. The van der Waals surface area contributed by atoms with E-state index in [-0.39, 0.29) is 47.8 Å². The number of aliphatic carboxylic acids is 1. The van der Waals surface area contributed by atoms with Crippen molar-refractivity contribution in [1.82, 2.24) is 5.32 Å². The van der Waals surface area contributed by atoms with Gasteiger partial charge in [-0.25, -0.2) is 0 Å². The molecule has 4 nitrogen and oxygen atoms in total. The first-order chi connectivity index (χ1) is 6.28. The second-order valence-electron chi connectivity index (χ2n) is 4.23. The fourth-order valence-corrected chi connectivity index (χ4v) is 1.05. The SMILES string of the molecule is CCC(C)C(=O)NC(C)(C)CC(=O)[O-].[Na+]. The van der Waals surface area contributed by atoms with Gasteiger partial charge < -0.3 is 15.2 Å². The van der Waals surface area contributed by atoms with Gasteiger partial charge in [0.1, 0.15) is 0 Å². The van der Waals surface area contributed by atoms with Gasteiger partial charge in [-0.2, -0.15) is 0 Å². The Labute approximate surface area is 113 Å². The maximum absolute atomic E-state index is 11.4. The normalized spacial score (nSPS) is 12.5. The molecule has 0 aromatic carbocycles. The van der Waals surface area contributed by atoms with E-state index in [9.17, 15) is 14.7 Å². The summed E-state index contributed by atoms with van der Waals surface area (Å²) in [4.78, 5) is 21.8. The van der Waals surface area contributed by atoms with E-state index >= 15 is 0 Å². The number of hydrogen-bond acceptors (Lipinski definition) is 3. The number of carboxylic acid groups (broad SMARTS) is 1. The molecule has 1 amide bonds. The van der Waals surface area contributed by atoms with Crippen LogP contribution in [-0.4, -0.2) is 17.4 Å². The standard InChI is InChI=1S/C10H19NO3.Na/c1-5-7(2)9(14)11-10(3,4)6-8(12)13;/h7H,5-6H2,1-4H3,(H,11,14)(H,12,13);/q;+1/p-1. The largest absolute Gasteiger partial charge is 1.00 e. The number of hydrogen-bond donors (Lipinski definition) is 1. The summed E-state index contributed by atoms with van der Waals surface area (Å²) in [5, 5.41) is 13.1. The summed E-state index contributed by atoms with van der Waals surface area (Å²) in [5.41, 5.74) is -0.737. The van der Waals surface area contributed by atoms with E-state index in [2.05, 4.69) is 5.32 Å². The molecule has 0 aliphatic heterocycles. The average Bonchev–Trinajstić information content (AvgIpc) is 1.99. The first-order valence-corrected chi connectivity index (χ1v) is 4.80. The van der Waals surface area contributed by atoms with Crippen LogP contribution in [-0.2, 0) is 9.59 Å². The summed E-state index contributed by atoms with van der Waals surface area (Å²) in [6, 6.07) is 0. The molecule has 5 heteroatoms. The molecule has 0 heterocycles. The molecular weight excluding hydrogens is 205 g/mol. The van der Waals surface area contributed by atoms with E-state index in [1.165, 1.54) is 0 Å². The van der Waals surface area contributed by atoms with Gasteiger partial charge in [0.15, 0.2) is 0 Å². The van der Waals surface area contributed by atoms with Crippen LogP contribution in [0.1, 0.15) is 40.5 Å². The van der Waals surface area contributed by atoms with Crippen LogP contribution in [0, 0.1) is 5.92 Å². The molecule has 0 bridgehead atoms. The first-order valence-electron chi connectivity index (χ1n) is 4.80. The molecule has 0 radical (unpaired) electrons. The van der Waals surface area contributed by atoms with Gasteiger partial charge in [0.25, 0.3) is 0 Å². The third-order valence-corrected chi connectivity index (χ3v) is 2.11. The number of carboxylic acids is 1. The van der Waals surface area contributed by atoms with Gasteiger partial charge in [-0.1, -0.05) is 13.8 Å². The van der Waals surface area contributed by atoms with Gasteiger partial charge in [0.05, 0.1) is 0 Å². The van der Waals surface area contributed by atoms with Gasteiger partial charge >= 0.3 is 29.6 Å². The molecule has 0 fully saturated rings. The Bertz CT molecular complexity index is 229. The first kappa shape index (κ1) is 17.3. The molecule has 15 heavy (non-hydrogen) atoms. The van der Waals surface area contributed by atoms with Crippen molar-refractivity contribution in [2.24, 2.45) is 5.92 Å². The predicted molar refractivity (Wildman–Crippen MR) is 51.3 cm³/mol. The number of amides is 1. The minimum atomic E-state index is -1.15. The van der Waals surface area contributed by atoms with Gasteiger partial charge in [0, 0.05) is 23.8 Å². The van der Waals surface area contributed by atoms with Crippen LogP contribution < -0.4 is 40.0 Å². The van der Waals surface area contributed by atoms with E-state index < -0.39 is 11.5 Å². The van der Waals surface area contributed by atoms with E-state index in [0.717, 1.165) is 6.42 Å². The van der Waals surface area contributed by atoms with Crippen molar-refractivity contribution in [2.45, 2.75) is 46.1 Å². The van der Waals surface area contributed by atoms with Crippen molar-refractivity contribution in [3.8, 4) is 0 Å². The van der Waals surface area contributed by atoms with Crippen molar-refractivity contribution < 1.29 is 44.3 Å². The second-order valence-corrected chi connectivity index (χ2v) is 4.23. The Balaban J connectivity index is 0. The monoisotopic (exact) mass is 223 g/mol. The van der Waals surface area contributed by atoms with E-state index in [1.807, 2.05) is 13.8 Å².